The van der Waals surface area contributed by atoms with Crippen LogP contribution in [0.5, 0.6) is 0 Å². The molecule has 5 heteroatoms. The summed E-state index contributed by atoms with van der Waals surface area (Å²) in [6.45, 7) is 0.496. The lowest BCUT2D eigenvalue weighted by molar-refractivity contribution is -0.0355. The lowest BCUT2D eigenvalue weighted by Crippen LogP contribution is -2.33. The number of aromatic amines is 1. The van der Waals surface area contributed by atoms with E-state index >= 15 is 0 Å². The Balaban J connectivity index is 2.38. The smallest absolute Gasteiger partial charge is 0.251 e. The highest BCUT2D eigenvalue weighted by Gasteiger charge is 2.35. The predicted octanol–water partition coefficient (Wildman–Crippen LogP) is 1.47. The first kappa shape index (κ1) is 14.2. The summed E-state index contributed by atoms with van der Waals surface area (Å²) in [5, 5.41) is 0. The van der Waals surface area contributed by atoms with Gasteiger partial charge >= 0.3 is 0 Å². The van der Waals surface area contributed by atoms with E-state index in [1.54, 1.807) is 7.11 Å². The number of nitrogens with zero attached hydrogens (tertiary/aromatic N) is 1. The Kier molecular flexibility index (Phi) is 4.71. The van der Waals surface area contributed by atoms with E-state index in [1.165, 1.54) is 18.9 Å². The van der Waals surface area contributed by atoms with E-state index in [0.29, 0.717) is 18.8 Å². The molecule has 106 valence electrons. The van der Waals surface area contributed by atoms with E-state index in [1.807, 2.05) is 0 Å². The summed E-state index contributed by atoms with van der Waals surface area (Å²) in [5.41, 5.74) is 5.75. The molecule has 1 saturated carbocycles. The molecule has 0 aliphatic heterocycles. The molecule has 0 unspecified atom stereocenters. The van der Waals surface area contributed by atoms with Gasteiger partial charge in [0.2, 0.25) is 0 Å². The maximum absolute atomic E-state index is 11.8. The van der Waals surface area contributed by atoms with Crippen molar-refractivity contribution in [3.63, 3.8) is 0 Å². The first-order valence-corrected chi connectivity index (χ1v) is 7.06. The van der Waals surface area contributed by atoms with Crippen LogP contribution in [0.25, 0.3) is 0 Å². The molecule has 0 bridgehead atoms. The Morgan fingerprint density at radius 2 is 2.05 bits per heavy atom. The Bertz CT molecular complexity index is 462. The summed E-state index contributed by atoms with van der Waals surface area (Å²) in [4.78, 5) is 19.2. The van der Waals surface area contributed by atoms with Crippen molar-refractivity contribution in [2.45, 2.75) is 50.5 Å². The molecule has 19 heavy (non-hydrogen) atoms. The number of aromatic nitrogens is 2. The molecule has 5 nitrogen and oxygen atoms in total. The van der Waals surface area contributed by atoms with Crippen molar-refractivity contribution in [2.75, 3.05) is 13.7 Å². The van der Waals surface area contributed by atoms with Crippen molar-refractivity contribution in [2.24, 2.45) is 5.73 Å². The van der Waals surface area contributed by atoms with E-state index < -0.39 is 5.60 Å². The number of methoxy groups -OCH3 is 1. The van der Waals surface area contributed by atoms with Crippen LogP contribution in [0.2, 0.25) is 0 Å². The van der Waals surface area contributed by atoms with E-state index in [9.17, 15) is 4.79 Å². The zero-order valence-corrected chi connectivity index (χ0v) is 11.6. The van der Waals surface area contributed by atoms with Crippen molar-refractivity contribution >= 4 is 0 Å². The monoisotopic (exact) mass is 265 g/mol. The van der Waals surface area contributed by atoms with Crippen molar-refractivity contribution in [3.05, 3.63) is 27.9 Å². The van der Waals surface area contributed by atoms with Gasteiger partial charge in [-0.15, -0.1) is 0 Å². The van der Waals surface area contributed by atoms with Gasteiger partial charge in [-0.2, -0.15) is 0 Å². The molecule has 3 N–H and O–H groups in total. The minimum atomic E-state index is -0.430. The fraction of sp³-hybridized carbons (Fsp3) is 0.714. The minimum Gasteiger partial charge on any atom is -0.370 e. The van der Waals surface area contributed by atoms with Gasteiger partial charge in [-0.1, -0.05) is 25.7 Å². The molecule has 2 rings (SSSR count). The standard InChI is InChI=1S/C14H23N3O2/c1-19-14(7-4-2-3-5-8-14)13-16-11(6-9-15)10-12(18)17-13/h10H,2-9,15H2,1H3,(H,16,17,18). The Hall–Kier alpha value is -1.20. The molecular weight excluding hydrogens is 242 g/mol. The molecule has 0 aromatic carbocycles. The number of hydrogen-bond acceptors (Lipinski definition) is 4. The zero-order valence-electron chi connectivity index (χ0n) is 11.6. The van der Waals surface area contributed by atoms with Crippen LogP contribution < -0.4 is 11.3 Å². The topological polar surface area (TPSA) is 81.0 Å². The molecule has 1 aliphatic carbocycles. The van der Waals surface area contributed by atoms with Crippen LogP contribution >= 0.6 is 0 Å². The van der Waals surface area contributed by atoms with Gasteiger partial charge in [-0.05, 0) is 19.4 Å². The normalized spacial score (nSPS) is 19.1. The molecule has 0 saturated heterocycles. The van der Waals surface area contributed by atoms with E-state index in [2.05, 4.69) is 9.97 Å². The summed E-state index contributed by atoms with van der Waals surface area (Å²) in [5.74, 6) is 0.674. The second-order valence-electron chi connectivity index (χ2n) is 5.24. The zero-order chi connectivity index (χ0) is 13.7. The third kappa shape index (κ3) is 3.22. The third-order valence-corrected chi connectivity index (χ3v) is 3.93. The fourth-order valence-corrected chi connectivity index (χ4v) is 2.84. The van der Waals surface area contributed by atoms with Crippen LogP contribution in [0.4, 0.5) is 0 Å². The molecule has 1 heterocycles. The summed E-state index contributed by atoms with van der Waals surface area (Å²) < 4.78 is 5.77. The first-order chi connectivity index (χ1) is 9.20. The predicted molar refractivity (Wildman–Crippen MR) is 74.0 cm³/mol. The van der Waals surface area contributed by atoms with Gasteiger partial charge in [0.25, 0.3) is 5.56 Å². The third-order valence-electron chi connectivity index (χ3n) is 3.93. The van der Waals surface area contributed by atoms with Gasteiger partial charge in [-0.25, -0.2) is 4.98 Å². The van der Waals surface area contributed by atoms with Gasteiger partial charge in [0.1, 0.15) is 11.4 Å². The Morgan fingerprint density at radius 3 is 2.63 bits per heavy atom. The van der Waals surface area contributed by atoms with Crippen LogP contribution in [0.3, 0.4) is 0 Å². The van der Waals surface area contributed by atoms with Crippen molar-refractivity contribution in [3.8, 4) is 0 Å². The number of H-pyrrole nitrogens is 1. The average molecular weight is 265 g/mol. The number of ether oxygens (including phenoxy) is 1. The molecule has 0 amide bonds. The quantitative estimate of drug-likeness (QED) is 0.808. The molecule has 1 fully saturated rings. The number of rotatable bonds is 4. The van der Waals surface area contributed by atoms with Gasteiger partial charge in [0, 0.05) is 25.3 Å². The van der Waals surface area contributed by atoms with Crippen LogP contribution in [0, 0.1) is 0 Å². The van der Waals surface area contributed by atoms with Crippen LogP contribution in [-0.4, -0.2) is 23.6 Å². The Morgan fingerprint density at radius 1 is 1.37 bits per heavy atom. The van der Waals surface area contributed by atoms with Gasteiger partial charge < -0.3 is 15.5 Å². The highest BCUT2D eigenvalue weighted by atomic mass is 16.5. The highest BCUT2D eigenvalue weighted by Crippen LogP contribution is 2.36. The molecule has 0 atom stereocenters. The van der Waals surface area contributed by atoms with E-state index in [-0.39, 0.29) is 5.56 Å². The molecule has 1 aromatic heterocycles. The second-order valence-corrected chi connectivity index (χ2v) is 5.24. The SMILES string of the molecule is COC1(c2nc(CCN)cc(=O)[nH]2)CCCCCC1. The molecule has 1 aliphatic rings. The van der Waals surface area contributed by atoms with Gasteiger partial charge in [-0.3, -0.25) is 4.79 Å². The maximum Gasteiger partial charge on any atom is 0.251 e. The molecule has 0 spiro atoms. The Labute approximate surface area is 113 Å². The summed E-state index contributed by atoms with van der Waals surface area (Å²) in [7, 11) is 1.71. The lowest BCUT2D eigenvalue weighted by atomic mass is 9.93. The summed E-state index contributed by atoms with van der Waals surface area (Å²) in [6.07, 6.45) is 7.11. The molecule has 0 radical (unpaired) electrons. The van der Waals surface area contributed by atoms with Gasteiger partial charge in [0.15, 0.2) is 0 Å². The van der Waals surface area contributed by atoms with Crippen molar-refractivity contribution in [1.29, 1.82) is 0 Å². The van der Waals surface area contributed by atoms with Crippen molar-refractivity contribution in [1.82, 2.24) is 9.97 Å². The van der Waals surface area contributed by atoms with E-state index in [4.69, 9.17) is 10.5 Å². The van der Waals surface area contributed by atoms with Gasteiger partial charge in [0.05, 0.1) is 0 Å². The van der Waals surface area contributed by atoms with E-state index in [0.717, 1.165) is 31.4 Å². The first-order valence-electron chi connectivity index (χ1n) is 7.06. The summed E-state index contributed by atoms with van der Waals surface area (Å²) >= 11 is 0. The number of nitrogens with two attached hydrogens (primary N) is 1. The minimum absolute atomic E-state index is 0.117. The fourth-order valence-electron chi connectivity index (χ4n) is 2.84. The largest absolute Gasteiger partial charge is 0.370 e. The second kappa shape index (κ2) is 6.30. The highest BCUT2D eigenvalue weighted by molar-refractivity contribution is 5.10. The molecular formula is C14H23N3O2. The number of nitrogens with one attached hydrogen (secondary N) is 1. The van der Waals surface area contributed by atoms with Crippen LogP contribution in [-0.2, 0) is 16.8 Å². The average Bonchev–Trinajstić information content (AvgIpc) is 2.64. The maximum atomic E-state index is 11.8. The number of hydrogen-bond donors (Lipinski definition) is 2. The summed E-state index contributed by atoms with van der Waals surface area (Å²) in [6, 6.07) is 1.52. The van der Waals surface area contributed by atoms with Crippen LogP contribution in [0.1, 0.15) is 50.0 Å². The van der Waals surface area contributed by atoms with Crippen LogP contribution in [0.15, 0.2) is 10.9 Å². The molecule has 1 aromatic rings. The van der Waals surface area contributed by atoms with Crippen molar-refractivity contribution < 1.29 is 4.74 Å². The lowest BCUT2D eigenvalue weighted by Gasteiger charge is -2.30.